The fraction of sp³-hybridized carbons (Fsp3) is 0.0714. The molecule has 2 aromatic carbocycles. The van der Waals surface area contributed by atoms with Gasteiger partial charge in [-0.25, -0.2) is 4.79 Å². The van der Waals surface area contributed by atoms with Crippen molar-refractivity contribution in [2.45, 2.75) is 0 Å². The van der Waals surface area contributed by atoms with Gasteiger partial charge in [0.15, 0.2) is 5.75 Å². The maximum absolute atomic E-state index is 11.7. The van der Waals surface area contributed by atoms with Crippen LogP contribution in [0.15, 0.2) is 36.4 Å². The Balaban J connectivity index is 2.42. The van der Waals surface area contributed by atoms with E-state index in [4.69, 9.17) is 38.4 Å². The van der Waals surface area contributed by atoms with E-state index in [0.29, 0.717) is 21.5 Å². The first kappa shape index (κ1) is 14.5. The van der Waals surface area contributed by atoms with E-state index >= 15 is 0 Å². The Morgan fingerprint density at radius 2 is 1.90 bits per heavy atom. The van der Waals surface area contributed by atoms with Crippen LogP contribution < -0.4 is 10.5 Å². The number of para-hydroxylation sites is 1. The van der Waals surface area contributed by atoms with Gasteiger partial charge in [0.2, 0.25) is 0 Å². The minimum Gasteiger partial charge on any atom is -0.465 e. The molecular weight excluding hydrogens is 301 g/mol. The zero-order chi connectivity index (χ0) is 14.7. The third-order valence-electron chi connectivity index (χ3n) is 2.56. The Morgan fingerprint density at radius 3 is 2.55 bits per heavy atom. The summed E-state index contributed by atoms with van der Waals surface area (Å²) in [5, 5.41) is 0.756. The number of methoxy groups -OCH3 is 1. The molecule has 0 saturated carbocycles. The van der Waals surface area contributed by atoms with Gasteiger partial charge < -0.3 is 15.2 Å². The Labute approximate surface area is 126 Å². The molecular formula is C14H11Cl2NO3. The predicted molar refractivity (Wildman–Crippen MR) is 78.7 cm³/mol. The molecule has 0 heterocycles. The lowest BCUT2D eigenvalue weighted by Crippen LogP contribution is -2.05. The molecule has 0 saturated heterocycles. The van der Waals surface area contributed by atoms with E-state index in [1.807, 2.05) is 0 Å². The van der Waals surface area contributed by atoms with E-state index in [1.165, 1.54) is 13.2 Å². The van der Waals surface area contributed by atoms with E-state index < -0.39 is 5.97 Å². The van der Waals surface area contributed by atoms with Crippen molar-refractivity contribution in [3.05, 3.63) is 52.0 Å². The number of hydrogen-bond acceptors (Lipinski definition) is 4. The minimum atomic E-state index is -0.535. The lowest BCUT2D eigenvalue weighted by Gasteiger charge is -2.12. The highest BCUT2D eigenvalue weighted by molar-refractivity contribution is 6.42. The summed E-state index contributed by atoms with van der Waals surface area (Å²) >= 11 is 11.7. The van der Waals surface area contributed by atoms with Crippen molar-refractivity contribution in [3.63, 3.8) is 0 Å². The zero-order valence-electron chi connectivity index (χ0n) is 10.5. The van der Waals surface area contributed by atoms with Gasteiger partial charge in [-0.05, 0) is 24.3 Å². The SMILES string of the molecule is COC(=O)c1cccc(N)c1Oc1ccc(Cl)c(Cl)c1. The van der Waals surface area contributed by atoms with Gasteiger partial charge in [-0.1, -0.05) is 29.3 Å². The zero-order valence-corrected chi connectivity index (χ0v) is 12.0. The molecule has 6 heteroatoms. The van der Waals surface area contributed by atoms with Crippen LogP contribution in [-0.2, 0) is 4.74 Å². The van der Waals surface area contributed by atoms with E-state index in [9.17, 15) is 4.79 Å². The molecule has 0 aliphatic rings. The molecule has 0 bridgehead atoms. The van der Waals surface area contributed by atoms with Crippen molar-refractivity contribution in [2.75, 3.05) is 12.8 Å². The first-order chi connectivity index (χ1) is 9.52. The van der Waals surface area contributed by atoms with Crippen LogP contribution in [0.2, 0.25) is 10.0 Å². The second kappa shape index (κ2) is 6.03. The molecule has 2 N–H and O–H groups in total. The number of benzene rings is 2. The fourth-order valence-corrected chi connectivity index (χ4v) is 1.89. The van der Waals surface area contributed by atoms with Gasteiger partial charge >= 0.3 is 5.97 Å². The number of anilines is 1. The van der Waals surface area contributed by atoms with E-state index in [0.717, 1.165) is 0 Å². The second-order valence-electron chi connectivity index (χ2n) is 3.89. The molecule has 0 aliphatic carbocycles. The van der Waals surface area contributed by atoms with E-state index in [-0.39, 0.29) is 11.3 Å². The number of carbonyl (C=O) groups excluding carboxylic acids is 1. The summed E-state index contributed by atoms with van der Waals surface area (Å²) in [4.78, 5) is 11.7. The average Bonchev–Trinajstić information content (AvgIpc) is 2.44. The highest BCUT2D eigenvalue weighted by atomic mass is 35.5. The van der Waals surface area contributed by atoms with Crippen LogP contribution >= 0.6 is 23.2 Å². The predicted octanol–water partition coefficient (Wildman–Crippen LogP) is 4.15. The van der Waals surface area contributed by atoms with E-state index in [1.54, 1.807) is 30.3 Å². The van der Waals surface area contributed by atoms with Crippen molar-refractivity contribution in [3.8, 4) is 11.5 Å². The molecule has 2 rings (SSSR count). The van der Waals surface area contributed by atoms with Gasteiger partial charge in [0, 0.05) is 6.07 Å². The average molecular weight is 312 g/mol. The normalized spacial score (nSPS) is 10.2. The number of halogens is 2. The number of esters is 1. The molecule has 0 atom stereocenters. The molecule has 0 aromatic heterocycles. The molecule has 0 amide bonds. The number of carbonyl (C=O) groups is 1. The van der Waals surface area contributed by atoms with Crippen LogP contribution in [0.3, 0.4) is 0 Å². The molecule has 0 unspecified atom stereocenters. The Bertz CT molecular complexity index is 659. The van der Waals surface area contributed by atoms with Gasteiger partial charge in [0.05, 0.1) is 22.8 Å². The summed E-state index contributed by atoms with van der Waals surface area (Å²) in [5.41, 5.74) is 6.39. The maximum Gasteiger partial charge on any atom is 0.341 e. The lowest BCUT2D eigenvalue weighted by atomic mass is 10.1. The van der Waals surface area contributed by atoms with Gasteiger partial charge in [-0.3, -0.25) is 0 Å². The molecule has 0 radical (unpaired) electrons. The summed E-state index contributed by atoms with van der Waals surface area (Å²) in [6, 6.07) is 9.59. The van der Waals surface area contributed by atoms with Crippen molar-refractivity contribution in [1.29, 1.82) is 0 Å². The molecule has 0 fully saturated rings. The summed E-state index contributed by atoms with van der Waals surface area (Å²) in [6.45, 7) is 0. The quantitative estimate of drug-likeness (QED) is 0.683. The highest BCUT2D eigenvalue weighted by Crippen LogP contribution is 2.34. The van der Waals surface area contributed by atoms with Crippen LogP contribution in [0.1, 0.15) is 10.4 Å². The molecule has 0 aliphatic heterocycles. The van der Waals surface area contributed by atoms with Gasteiger partial charge in [-0.2, -0.15) is 0 Å². The van der Waals surface area contributed by atoms with Crippen LogP contribution in [0.25, 0.3) is 0 Å². The summed E-state index contributed by atoms with van der Waals surface area (Å²) in [7, 11) is 1.29. The molecule has 20 heavy (non-hydrogen) atoms. The highest BCUT2D eigenvalue weighted by Gasteiger charge is 2.16. The largest absolute Gasteiger partial charge is 0.465 e. The molecule has 0 spiro atoms. The number of hydrogen-bond donors (Lipinski definition) is 1. The van der Waals surface area contributed by atoms with Gasteiger partial charge in [0.1, 0.15) is 11.3 Å². The summed E-state index contributed by atoms with van der Waals surface area (Å²) < 4.78 is 10.3. The molecule has 4 nitrogen and oxygen atoms in total. The number of rotatable bonds is 3. The van der Waals surface area contributed by atoms with Crippen molar-refractivity contribution in [2.24, 2.45) is 0 Å². The topological polar surface area (TPSA) is 61.5 Å². The first-order valence-corrected chi connectivity index (χ1v) is 6.38. The number of nitrogen functional groups attached to an aromatic ring is 1. The molecule has 2 aromatic rings. The summed E-state index contributed by atoms with van der Waals surface area (Å²) in [5.74, 6) is 0.104. The van der Waals surface area contributed by atoms with Crippen LogP contribution in [0, 0.1) is 0 Å². The third kappa shape index (κ3) is 2.98. The fourth-order valence-electron chi connectivity index (χ4n) is 1.60. The van der Waals surface area contributed by atoms with Crippen LogP contribution in [0.4, 0.5) is 5.69 Å². The Morgan fingerprint density at radius 1 is 1.15 bits per heavy atom. The minimum absolute atomic E-state index is 0.220. The van der Waals surface area contributed by atoms with Gasteiger partial charge in [-0.15, -0.1) is 0 Å². The number of ether oxygens (including phenoxy) is 2. The lowest BCUT2D eigenvalue weighted by molar-refractivity contribution is 0.0598. The standard InChI is InChI=1S/C14H11Cl2NO3/c1-19-14(18)9-3-2-4-12(17)13(9)20-8-5-6-10(15)11(16)7-8/h2-7H,17H2,1H3. The van der Waals surface area contributed by atoms with E-state index in [2.05, 4.69) is 0 Å². The summed E-state index contributed by atoms with van der Waals surface area (Å²) in [6.07, 6.45) is 0. The Hall–Kier alpha value is -1.91. The molecule has 104 valence electrons. The van der Waals surface area contributed by atoms with Crippen molar-refractivity contribution >= 4 is 34.9 Å². The van der Waals surface area contributed by atoms with Crippen LogP contribution in [-0.4, -0.2) is 13.1 Å². The number of nitrogens with two attached hydrogens (primary N) is 1. The van der Waals surface area contributed by atoms with Crippen LogP contribution in [0.5, 0.6) is 11.5 Å². The smallest absolute Gasteiger partial charge is 0.341 e. The first-order valence-electron chi connectivity index (χ1n) is 5.62. The monoisotopic (exact) mass is 311 g/mol. The maximum atomic E-state index is 11.7. The third-order valence-corrected chi connectivity index (χ3v) is 3.30. The van der Waals surface area contributed by atoms with Gasteiger partial charge in [0.25, 0.3) is 0 Å². The Kier molecular flexibility index (Phi) is 4.37. The van der Waals surface area contributed by atoms with Crippen molar-refractivity contribution in [1.82, 2.24) is 0 Å². The second-order valence-corrected chi connectivity index (χ2v) is 4.71. The van der Waals surface area contributed by atoms with Crippen molar-refractivity contribution < 1.29 is 14.3 Å².